The van der Waals surface area contributed by atoms with Crippen LogP contribution in [0.2, 0.25) is 10.0 Å². The van der Waals surface area contributed by atoms with Gasteiger partial charge in [0.1, 0.15) is 5.78 Å². The summed E-state index contributed by atoms with van der Waals surface area (Å²) in [6.07, 6.45) is 6.28. The third kappa shape index (κ3) is 6.86. The van der Waals surface area contributed by atoms with E-state index >= 15 is 0 Å². The number of hydrogen-bond acceptors (Lipinski definition) is 10. The van der Waals surface area contributed by atoms with Gasteiger partial charge in [-0.2, -0.15) is 0 Å². The number of rotatable bonds is 9. The molecule has 47 heavy (non-hydrogen) atoms. The van der Waals surface area contributed by atoms with E-state index in [1.807, 2.05) is 10.3 Å². The van der Waals surface area contributed by atoms with Gasteiger partial charge >= 0.3 is 11.9 Å². The van der Waals surface area contributed by atoms with E-state index in [0.29, 0.717) is 54.7 Å². The molecule has 4 aliphatic rings. The van der Waals surface area contributed by atoms with Crippen molar-refractivity contribution < 1.29 is 28.7 Å². The molecule has 13 heteroatoms. The van der Waals surface area contributed by atoms with Crippen molar-refractivity contribution in [2.75, 3.05) is 40.4 Å². The topological polar surface area (TPSA) is 118 Å². The lowest BCUT2D eigenvalue weighted by molar-refractivity contribution is -0.137. The van der Waals surface area contributed by atoms with E-state index in [2.05, 4.69) is 15.2 Å². The lowest BCUT2D eigenvalue weighted by Crippen LogP contribution is -2.54. The number of carbonyl (C=O) groups excluding carboxylic acids is 4. The van der Waals surface area contributed by atoms with Gasteiger partial charge in [0.2, 0.25) is 5.91 Å². The number of nitrogens with one attached hydrogen (secondary N) is 1. The van der Waals surface area contributed by atoms with Crippen LogP contribution >= 0.6 is 34.5 Å². The highest BCUT2D eigenvalue weighted by Gasteiger charge is 2.44. The van der Waals surface area contributed by atoms with Crippen molar-refractivity contribution in [3.05, 3.63) is 72.9 Å². The van der Waals surface area contributed by atoms with Crippen LogP contribution in [-0.4, -0.2) is 84.9 Å². The zero-order chi connectivity index (χ0) is 33.2. The van der Waals surface area contributed by atoms with Gasteiger partial charge in [-0.05, 0) is 44.2 Å². The van der Waals surface area contributed by atoms with Crippen molar-refractivity contribution >= 4 is 58.2 Å². The number of Topliss-reactive ketones (excluding diaryl/α,β-unsaturated/α-hetero) is 1. The molecule has 1 aromatic carbocycles. The number of halogens is 2. The average Bonchev–Trinajstić information content (AvgIpc) is 3.65. The van der Waals surface area contributed by atoms with Gasteiger partial charge in [-0.25, -0.2) is 14.6 Å². The number of hydrogen-bond donors (Lipinski definition) is 1. The number of thiazole rings is 1. The molecule has 3 unspecified atom stereocenters. The van der Waals surface area contributed by atoms with Gasteiger partial charge in [0, 0.05) is 89.1 Å². The minimum absolute atomic E-state index is 0.0789. The quantitative estimate of drug-likeness (QED) is 0.364. The van der Waals surface area contributed by atoms with Crippen molar-refractivity contribution in [2.24, 2.45) is 11.8 Å². The molecule has 1 amide bonds. The van der Waals surface area contributed by atoms with E-state index in [0.717, 1.165) is 43.8 Å². The first-order chi connectivity index (χ1) is 22.7. The summed E-state index contributed by atoms with van der Waals surface area (Å²) in [5.74, 6) is -1.76. The van der Waals surface area contributed by atoms with E-state index in [9.17, 15) is 19.2 Å². The summed E-state index contributed by atoms with van der Waals surface area (Å²) in [4.78, 5) is 62.1. The Morgan fingerprint density at radius 3 is 2.13 bits per heavy atom. The van der Waals surface area contributed by atoms with Gasteiger partial charge < -0.3 is 19.7 Å². The predicted octanol–water partition coefficient (Wildman–Crippen LogP) is 4.92. The number of dihydropyridines is 1. The van der Waals surface area contributed by atoms with E-state index in [1.165, 1.54) is 25.6 Å². The van der Waals surface area contributed by atoms with Crippen molar-refractivity contribution in [1.82, 2.24) is 20.1 Å². The Hall–Kier alpha value is -3.25. The highest BCUT2D eigenvalue weighted by Crippen LogP contribution is 2.46. The Balaban J connectivity index is 1.30. The number of nitrogens with zero attached hydrogens (tertiary/aromatic N) is 3. The van der Waals surface area contributed by atoms with Gasteiger partial charge in [-0.3, -0.25) is 14.5 Å². The number of fused-ring (bicyclic) bond motifs is 2. The SMILES string of the molecule is COC(=O)C1=C(CCc2nccs2)NC(CC(=O)N2CCN(C3CC4CCC(C3)C4=O)CC2)=C(C(=O)OC)C1c1c(Cl)cccc1Cl. The molecule has 250 valence electrons. The molecule has 2 aromatic rings. The molecule has 3 fully saturated rings. The number of allylic oxidation sites excluding steroid dienone is 1. The maximum Gasteiger partial charge on any atom is 0.336 e. The first kappa shape index (κ1) is 33.6. The molecule has 6 rings (SSSR count). The van der Waals surface area contributed by atoms with Crippen LogP contribution in [-0.2, 0) is 35.1 Å². The molecule has 3 atom stereocenters. The summed E-state index contributed by atoms with van der Waals surface area (Å²) < 4.78 is 10.5. The molecule has 0 radical (unpaired) electrons. The number of amides is 1. The van der Waals surface area contributed by atoms with Crippen LogP contribution in [0.25, 0.3) is 0 Å². The maximum atomic E-state index is 13.9. The summed E-state index contributed by atoms with van der Waals surface area (Å²) in [6, 6.07) is 5.34. The van der Waals surface area contributed by atoms with Gasteiger partial charge in [-0.15, -0.1) is 11.3 Å². The molecule has 1 saturated heterocycles. The number of esters is 2. The summed E-state index contributed by atoms with van der Waals surface area (Å²) in [7, 11) is 2.53. The van der Waals surface area contributed by atoms with Crippen LogP contribution in [0.5, 0.6) is 0 Å². The second-order valence-electron chi connectivity index (χ2n) is 12.5. The van der Waals surface area contributed by atoms with Crippen LogP contribution in [0.3, 0.4) is 0 Å². The summed E-state index contributed by atoms with van der Waals surface area (Å²) in [5.41, 5.74) is 1.42. The second kappa shape index (κ2) is 14.5. The normalized spacial score (nSPS) is 24.8. The zero-order valence-electron chi connectivity index (χ0n) is 26.4. The molecule has 1 N–H and O–H groups in total. The number of ketones is 1. The molecular weight excluding hydrogens is 663 g/mol. The first-order valence-electron chi connectivity index (χ1n) is 16.0. The number of methoxy groups -OCH3 is 2. The van der Waals surface area contributed by atoms with Gasteiger partial charge in [-0.1, -0.05) is 29.3 Å². The summed E-state index contributed by atoms with van der Waals surface area (Å²) in [6.45, 7) is 2.53. The highest BCUT2D eigenvalue weighted by molar-refractivity contribution is 7.09. The summed E-state index contributed by atoms with van der Waals surface area (Å²) >= 11 is 14.9. The largest absolute Gasteiger partial charge is 0.466 e. The van der Waals surface area contributed by atoms with Crippen molar-refractivity contribution in [1.29, 1.82) is 0 Å². The van der Waals surface area contributed by atoms with E-state index in [1.54, 1.807) is 24.4 Å². The van der Waals surface area contributed by atoms with Crippen molar-refractivity contribution in [3.8, 4) is 0 Å². The number of ether oxygens (including phenoxy) is 2. The smallest absolute Gasteiger partial charge is 0.336 e. The number of aromatic nitrogens is 1. The van der Waals surface area contributed by atoms with Crippen LogP contribution in [0, 0.1) is 11.8 Å². The molecule has 1 aromatic heterocycles. The number of carbonyl (C=O) groups is 4. The van der Waals surface area contributed by atoms with E-state index < -0.39 is 17.9 Å². The third-order valence-corrected chi connectivity index (χ3v) is 11.5. The number of benzene rings is 1. The van der Waals surface area contributed by atoms with Gasteiger partial charge in [0.05, 0.1) is 42.7 Å². The van der Waals surface area contributed by atoms with Gasteiger partial charge in [0.15, 0.2) is 0 Å². The second-order valence-corrected chi connectivity index (χ2v) is 14.3. The van der Waals surface area contributed by atoms with Crippen molar-refractivity contribution in [2.45, 2.75) is 56.9 Å². The monoisotopic (exact) mass is 700 g/mol. The molecular formula is C34H38Cl2N4O6S. The Kier molecular flexibility index (Phi) is 10.4. The fourth-order valence-corrected chi connectivity index (χ4v) is 8.91. The standard InChI is InChI=1S/C34H38Cl2N4O6S/c1-45-33(43)29-24(8-9-26-37-10-15-47-26)38-25(30(34(44)46-2)31(29)28-22(35)4-3-5-23(28)36)18-27(41)40-13-11-39(12-14-40)21-16-19-6-7-20(17-21)32(19)42/h3-5,10,15,19-21,31,38H,6-9,11-14,16-18H2,1-2H3. The number of piperazine rings is 1. The number of aryl methyl sites for hydroxylation is 1. The minimum Gasteiger partial charge on any atom is -0.466 e. The Morgan fingerprint density at radius 2 is 1.55 bits per heavy atom. The maximum absolute atomic E-state index is 13.9. The Bertz CT molecular complexity index is 1580. The molecule has 0 spiro atoms. The Labute approximate surface area is 288 Å². The third-order valence-electron chi connectivity index (χ3n) is 9.99. The van der Waals surface area contributed by atoms with Crippen LogP contribution in [0.1, 0.15) is 55.0 Å². The fourth-order valence-electron chi connectivity index (χ4n) is 7.67. The van der Waals surface area contributed by atoms with Crippen molar-refractivity contribution in [3.63, 3.8) is 0 Å². The lowest BCUT2D eigenvalue weighted by atomic mass is 9.78. The van der Waals surface area contributed by atoms with E-state index in [4.69, 9.17) is 32.7 Å². The van der Waals surface area contributed by atoms with E-state index in [-0.39, 0.29) is 45.4 Å². The van der Waals surface area contributed by atoms with Crippen LogP contribution in [0.15, 0.2) is 52.3 Å². The predicted molar refractivity (Wildman–Crippen MR) is 178 cm³/mol. The minimum atomic E-state index is -1.05. The van der Waals surface area contributed by atoms with Crippen LogP contribution < -0.4 is 5.32 Å². The lowest BCUT2D eigenvalue weighted by Gasteiger charge is -2.42. The fraction of sp³-hybridized carbons (Fsp3) is 0.500. The molecule has 2 bridgehead atoms. The van der Waals surface area contributed by atoms with Gasteiger partial charge in [0.25, 0.3) is 0 Å². The molecule has 10 nitrogen and oxygen atoms in total. The molecule has 2 aliphatic carbocycles. The highest BCUT2D eigenvalue weighted by atomic mass is 35.5. The molecule has 3 heterocycles. The summed E-state index contributed by atoms with van der Waals surface area (Å²) in [5, 5.41) is 6.55. The Morgan fingerprint density at radius 1 is 0.936 bits per heavy atom. The zero-order valence-corrected chi connectivity index (χ0v) is 28.8. The average molecular weight is 702 g/mol. The first-order valence-corrected chi connectivity index (χ1v) is 17.6. The van der Waals surface area contributed by atoms with Crippen LogP contribution in [0.4, 0.5) is 0 Å². The molecule has 2 saturated carbocycles. The molecule has 2 aliphatic heterocycles.